The van der Waals surface area contributed by atoms with Gasteiger partial charge >= 0.3 is 0 Å². The Morgan fingerprint density at radius 1 is 1.00 bits per heavy atom. The summed E-state index contributed by atoms with van der Waals surface area (Å²) in [5.41, 5.74) is 1.26. The summed E-state index contributed by atoms with van der Waals surface area (Å²) in [4.78, 5) is 12.2. The summed E-state index contributed by atoms with van der Waals surface area (Å²) in [7, 11) is 1.50. The Balaban J connectivity index is 2.07. The van der Waals surface area contributed by atoms with Gasteiger partial charge in [-0.1, -0.05) is 12.1 Å². The fourth-order valence-corrected chi connectivity index (χ4v) is 2.12. The first-order valence-electron chi connectivity index (χ1n) is 7.68. The SMILES string of the molecule is COc1cc(/C=C/C(=O)c2ccc(OCC#N)cc2)ccc1OCC#N. The summed E-state index contributed by atoms with van der Waals surface area (Å²) >= 11 is 0. The molecule has 130 valence electrons. The minimum atomic E-state index is -0.166. The van der Waals surface area contributed by atoms with Gasteiger partial charge in [-0.05, 0) is 48.0 Å². The number of nitrogens with zero attached hydrogens (tertiary/aromatic N) is 2. The highest BCUT2D eigenvalue weighted by molar-refractivity contribution is 6.06. The van der Waals surface area contributed by atoms with E-state index in [1.54, 1.807) is 48.5 Å². The van der Waals surface area contributed by atoms with Crippen molar-refractivity contribution >= 4 is 11.9 Å². The fraction of sp³-hybridized carbons (Fsp3) is 0.150. The molecule has 0 aliphatic heterocycles. The molecule has 0 bridgehead atoms. The van der Waals surface area contributed by atoms with Crippen LogP contribution < -0.4 is 14.2 Å². The number of ketones is 1. The van der Waals surface area contributed by atoms with E-state index in [4.69, 9.17) is 24.7 Å². The number of rotatable bonds is 8. The van der Waals surface area contributed by atoms with Crippen molar-refractivity contribution in [2.45, 2.75) is 0 Å². The van der Waals surface area contributed by atoms with Gasteiger partial charge in [0.2, 0.25) is 0 Å². The normalized spacial score (nSPS) is 9.96. The van der Waals surface area contributed by atoms with Gasteiger partial charge < -0.3 is 14.2 Å². The van der Waals surface area contributed by atoms with Crippen LogP contribution in [0, 0.1) is 22.7 Å². The van der Waals surface area contributed by atoms with Crippen LogP contribution in [0.25, 0.3) is 6.08 Å². The van der Waals surface area contributed by atoms with Crippen LogP contribution in [-0.4, -0.2) is 26.1 Å². The zero-order chi connectivity index (χ0) is 18.8. The van der Waals surface area contributed by atoms with Crippen LogP contribution in [0.1, 0.15) is 15.9 Å². The van der Waals surface area contributed by atoms with Crippen molar-refractivity contribution < 1.29 is 19.0 Å². The maximum atomic E-state index is 12.2. The molecule has 0 saturated carbocycles. The van der Waals surface area contributed by atoms with Crippen LogP contribution >= 0.6 is 0 Å². The lowest BCUT2D eigenvalue weighted by molar-refractivity contribution is 0.104. The molecule has 26 heavy (non-hydrogen) atoms. The maximum Gasteiger partial charge on any atom is 0.185 e. The number of benzene rings is 2. The first kappa shape index (κ1) is 18.6. The van der Waals surface area contributed by atoms with Crippen molar-refractivity contribution in [2.24, 2.45) is 0 Å². The third-order valence-corrected chi connectivity index (χ3v) is 3.35. The lowest BCUT2D eigenvalue weighted by Gasteiger charge is -2.08. The quantitative estimate of drug-likeness (QED) is 0.536. The summed E-state index contributed by atoms with van der Waals surface area (Å²) in [6.07, 6.45) is 3.12. The highest BCUT2D eigenvalue weighted by atomic mass is 16.5. The zero-order valence-corrected chi connectivity index (χ0v) is 14.1. The van der Waals surface area contributed by atoms with E-state index < -0.39 is 0 Å². The summed E-state index contributed by atoms with van der Waals surface area (Å²) in [5.74, 6) is 1.31. The first-order valence-corrected chi connectivity index (χ1v) is 7.68. The molecule has 2 aromatic carbocycles. The summed E-state index contributed by atoms with van der Waals surface area (Å²) in [5, 5.41) is 17.0. The number of hydrogen-bond donors (Lipinski definition) is 0. The number of carbonyl (C=O) groups excluding carboxylic acids is 1. The Morgan fingerprint density at radius 2 is 1.69 bits per heavy atom. The predicted molar refractivity (Wildman–Crippen MR) is 95.0 cm³/mol. The Labute approximate surface area is 151 Å². The molecule has 0 saturated heterocycles. The minimum Gasteiger partial charge on any atom is -0.493 e. The van der Waals surface area contributed by atoms with E-state index in [-0.39, 0.29) is 19.0 Å². The van der Waals surface area contributed by atoms with Crippen LogP contribution in [0.4, 0.5) is 0 Å². The second kappa shape index (κ2) is 9.51. The Morgan fingerprint density at radius 3 is 2.35 bits per heavy atom. The van der Waals surface area contributed by atoms with E-state index in [0.717, 1.165) is 5.56 Å². The molecule has 0 N–H and O–H groups in total. The zero-order valence-electron chi connectivity index (χ0n) is 14.1. The summed E-state index contributed by atoms with van der Waals surface area (Å²) < 4.78 is 15.6. The van der Waals surface area contributed by atoms with E-state index in [0.29, 0.717) is 22.8 Å². The number of nitriles is 2. The lowest BCUT2D eigenvalue weighted by atomic mass is 10.1. The molecule has 0 unspecified atom stereocenters. The van der Waals surface area contributed by atoms with Crippen LogP contribution in [-0.2, 0) is 0 Å². The molecule has 6 nitrogen and oxygen atoms in total. The number of ether oxygens (including phenoxy) is 3. The van der Waals surface area contributed by atoms with Crippen molar-refractivity contribution in [3.63, 3.8) is 0 Å². The third-order valence-electron chi connectivity index (χ3n) is 3.35. The number of hydrogen-bond acceptors (Lipinski definition) is 6. The van der Waals surface area contributed by atoms with E-state index >= 15 is 0 Å². The molecule has 6 heteroatoms. The lowest BCUT2D eigenvalue weighted by Crippen LogP contribution is -1.97. The molecule has 0 spiro atoms. The Bertz CT molecular complexity index is 874. The molecule has 0 fully saturated rings. The molecule has 0 radical (unpaired) electrons. The van der Waals surface area contributed by atoms with Crippen LogP contribution in [0.5, 0.6) is 17.2 Å². The molecule has 0 atom stereocenters. The highest BCUT2D eigenvalue weighted by Crippen LogP contribution is 2.28. The molecule has 0 amide bonds. The molecule has 2 aromatic rings. The van der Waals surface area contributed by atoms with E-state index in [1.807, 2.05) is 12.1 Å². The average molecular weight is 348 g/mol. The van der Waals surface area contributed by atoms with Gasteiger partial charge in [-0.3, -0.25) is 4.79 Å². The van der Waals surface area contributed by atoms with Crippen molar-refractivity contribution in [1.82, 2.24) is 0 Å². The van der Waals surface area contributed by atoms with E-state index in [1.165, 1.54) is 13.2 Å². The fourth-order valence-electron chi connectivity index (χ4n) is 2.12. The standard InChI is InChI=1S/C20H16N2O4/c1-24-20-14-15(3-9-19(20)26-13-11-22)2-8-18(23)16-4-6-17(7-5-16)25-12-10-21/h2-9,14H,12-13H2,1H3/b8-2+. The smallest absolute Gasteiger partial charge is 0.185 e. The highest BCUT2D eigenvalue weighted by Gasteiger charge is 2.06. The van der Waals surface area contributed by atoms with E-state index in [9.17, 15) is 4.79 Å². The second-order valence-corrected chi connectivity index (χ2v) is 5.03. The maximum absolute atomic E-state index is 12.2. The number of allylic oxidation sites excluding steroid dienone is 1. The van der Waals surface area contributed by atoms with Gasteiger partial charge in [-0.2, -0.15) is 10.5 Å². The topological polar surface area (TPSA) is 92.3 Å². The van der Waals surface area contributed by atoms with Gasteiger partial charge in [0, 0.05) is 5.56 Å². The number of methoxy groups -OCH3 is 1. The molecule has 0 aliphatic rings. The molecular weight excluding hydrogens is 332 g/mol. The van der Waals surface area contributed by atoms with Crippen molar-refractivity contribution in [3.05, 3.63) is 59.7 Å². The summed E-state index contributed by atoms with van der Waals surface area (Å²) in [6, 6.07) is 15.5. The van der Waals surface area contributed by atoms with Crippen LogP contribution in [0.2, 0.25) is 0 Å². The molecule has 0 aromatic heterocycles. The van der Waals surface area contributed by atoms with Gasteiger partial charge in [-0.15, -0.1) is 0 Å². The van der Waals surface area contributed by atoms with Gasteiger partial charge in [0.05, 0.1) is 7.11 Å². The molecule has 0 aliphatic carbocycles. The van der Waals surface area contributed by atoms with E-state index in [2.05, 4.69) is 0 Å². The van der Waals surface area contributed by atoms with Crippen molar-refractivity contribution in [2.75, 3.05) is 20.3 Å². The first-order chi connectivity index (χ1) is 12.7. The second-order valence-electron chi connectivity index (χ2n) is 5.03. The van der Waals surface area contributed by atoms with Gasteiger partial charge in [0.15, 0.2) is 30.5 Å². The largest absolute Gasteiger partial charge is 0.493 e. The van der Waals surface area contributed by atoms with Crippen LogP contribution in [0.15, 0.2) is 48.5 Å². The summed E-state index contributed by atoms with van der Waals surface area (Å²) in [6.45, 7) is -0.110. The Kier molecular flexibility index (Phi) is 6.79. The van der Waals surface area contributed by atoms with Crippen molar-refractivity contribution in [3.8, 4) is 29.4 Å². The average Bonchev–Trinajstić information content (AvgIpc) is 2.69. The number of carbonyl (C=O) groups is 1. The van der Waals surface area contributed by atoms with Gasteiger partial charge in [0.1, 0.15) is 17.9 Å². The molecule has 0 heterocycles. The minimum absolute atomic E-state index is 0.0386. The van der Waals surface area contributed by atoms with Crippen molar-refractivity contribution in [1.29, 1.82) is 10.5 Å². The predicted octanol–water partition coefficient (Wildman–Crippen LogP) is 3.40. The molecular formula is C20H16N2O4. The Hall–Kier alpha value is -3.77. The third kappa shape index (κ3) is 5.12. The van der Waals surface area contributed by atoms with Gasteiger partial charge in [0.25, 0.3) is 0 Å². The van der Waals surface area contributed by atoms with Gasteiger partial charge in [-0.25, -0.2) is 0 Å². The van der Waals surface area contributed by atoms with Crippen LogP contribution in [0.3, 0.4) is 0 Å². The monoisotopic (exact) mass is 348 g/mol. The molecule has 2 rings (SSSR count).